The highest BCUT2D eigenvalue weighted by molar-refractivity contribution is 5.95. The quantitative estimate of drug-likeness (QED) is 0.801. The van der Waals surface area contributed by atoms with Crippen LogP contribution in [0.25, 0.3) is 10.9 Å². The summed E-state index contributed by atoms with van der Waals surface area (Å²) in [6.45, 7) is 10.0. The normalized spacial score (nSPS) is 19.4. The fraction of sp³-hybridized carbons (Fsp3) is 0.571. The lowest BCUT2D eigenvalue weighted by Gasteiger charge is -2.42. The van der Waals surface area contributed by atoms with Crippen molar-refractivity contribution in [3.8, 4) is 0 Å². The van der Waals surface area contributed by atoms with Crippen molar-refractivity contribution >= 4 is 16.6 Å². The molecule has 1 fully saturated rings. The number of pyridine rings is 1. The number of para-hydroxylation sites is 1. The van der Waals surface area contributed by atoms with Crippen LogP contribution in [-0.2, 0) is 6.54 Å². The van der Waals surface area contributed by atoms with E-state index in [0.29, 0.717) is 12.0 Å². The fourth-order valence-electron chi connectivity index (χ4n) is 4.50. The number of hydrogen-bond acceptors (Lipinski definition) is 3. The predicted molar refractivity (Wildman–Crippen MR) is 102 cm³/mol. The lowest BCUT2D eigenvalue weighted by Crippen LogP contribution is -2.46. The van der Waals surface area contributed by atoms with Crippen molar-refractivity contribution in [2.24, 2.45) is 0 Å². The van der Waals surface area contributed by atoms with Crippen LogP contribution in [0.3, 0.4) is 0 Å². The molecule has 1 saturated carbocycles. The first-order valence-electron chi connectivity index (χ1n) is 9.58. The van der Waals surface area contributed by atoms with Gasteiger partial charge in [-0.05, 0) is 30.9 Å². The molecule has 1 aromatic heterocycles. The van der Waals surface area contributed by atoms with Gasteiger partial charge in [0.1, 0.15) is 0 Å². The topological polar surface area (TPSA) is 19.4 Å². The second-order valence-corrected chi connectivity index (χ2v) is 7.72. The standard InChI is InChI=1S/C21H29N3/c1-4-23-13-16-12-22-20-18(15(2)3)10-7-11-19(20)21(16)24(14-23)17-8-5-6-9-17/h7,10-12,15,17H,4-6,8-9,13-14H2,1-3H3. The van der Waals surface area contributed by atoms with Gasteiger partial charge in [0.2, 0.25) is 0 Å². The van der Waals surface area contributed by atoms with E-state index in [1.807, 2.05) is 0 Å². The summed E-state index contributed by atoms with van der Waals surface area (Å²) in [6.07, 6.45) is 7.58. The van der Waals surface area contributed by atoms with Crippen LogP contribution in [0.1, 0.15) is 63.5 Å². The Hall–Kier alpha value is -1.61. The van der Waals surface area contributed by atoms with Crippen LogP contribution in [0, 0.1) is 0 Å². The number of benzene rings is 1. The molecule has 0 radical (unpaired) electrons. The van der Waals surface area contributed by atoms with Gasteiger partial charge < -0.3 is 4.90 Å². The van der Waals surface area contributed by atoms with E-state index in [1.165, 1.54) is 53.4 Å². The van der Waals surface area contributed by atoms with Crippen molar-refractivity contribution in [2.45, 2.75) is 65.0 Å². The van der Waals surface area contributed by atoms with Crippen molar-refractivity contribution < 1.29 is 0 Å². The molecule has 3 heteroatoms. The first kappa shape index (κ1) is 15.9. The molecule has 3 nitrogen and oxygen atoms in total. The number of aromatic nitrogens is 1. The van der Waals surface area contributed by atoms with Crippen LogP contribution in [0.2, 0.25) is 0 Å². The lowest BCUT2D eigenvalue weighted by atomic mass is 9.96. The average molecular weight is 323 g/mol. The van der Waals surface area contributed by atoms with Crippen LogP contribution in [0.15, 0.2) is 24.4 Å². The molecule has 1 aromatic carbocycles. The molecular formula is C21H29N3. The van der Waals surface area contributed by atoms with E-state index < -0.39 is 0 Å². The van der Waals surface area contributed by atoms with Crippen molar-refractivity contribution in [2.75, 3.05) is 18.1 Å². The van der Waals surface area contributed by atoms with E-state index in [2.05, 4.69) is 55.0 Å². The lowest BCUT2D eigenvalue weighted by molar-refractivity contribution is 0.255. The minimum atomic E-state index is 0.509. The van der Waals surface area contributed by atoms with Gasteiger partial charge in [-0.15, -0.1) is 0 Å². The van der Waals surface area contributed by atoms with Crippen molar-refractivity contribution in [3.63, 3.8) is 0 Å². The molecule has 2 aliphatic rings. The Kier molecular flexibility index (Phi) is 4.21. The van der Waals surface area contributed by atoms with E-state index in [4.69, 9.17) is 4.98 Å². The number of nitrogens with zero attached hydrogens (tertiary/aromatic N) is 3. The van der Waals surface area contributed by atoms with Crippen LogP contribution < -0.4 is 4.90 Å². The second kappa shape index (κ2) is 6.36. The third kappa shape index (κ3) is 2.59. The van der Waals surface area contributed by atoms with Gasteiger partial charge in [-0.3, -0.25) is 9.88 Å². The Morgan fingerprint density at radius 3 is 2.71 bits per heavy atom. The van der Waals surface area contributed by atoms with Gasteiger partial charge in [0, 0.05) is 29.7 Å². The average Bonchev–Trinajstić information content (AvgIpc) is 3.14. The van der Waals surface area contributed by atoms with Gasteiger partial charge in [-0.2, -0.15) is 0 Å². The summed E-state index contributed by atoms with van der Waals surface area (Å²) in [4.78, 5) is 10.1. The molecule has 0 unspecified atom stereocenters. The molecule has 0 atom stereocenters. The zero-order valence-electron chi connectivity index (χ0n) is 15.3. The second-order valence-electron chi connectivity index (χ2n) is 7.72. The Labute approximate surface area is 145 Å². The Bertz CT molecular complexity index is 731. The number of hydrogen-bond donors (Lipinski definition) is 0. The van der Waals surface area contributed by atoms with E-state index in [-0.39, 0.29) is 0 Å². The minimum absolute atomic E-state index is 0.509. The molecule has 0 amide bonds. The SMILES string of the molecule is CCN1Cc2cnc3c(C(C)C)cccc3c2N(C2CCCC2)C1. The van der Waals surface area contributed by atoms with E-state index in [1.54, 1.807) is 0 Å². The molecule has 1 aliphatic heterocycles. The van der Waals surface area contributed by atoms with Crippen LogP contribution >= 0.6 is 0 Å². The maximum Gasteiger partial charge on any atom is 0.0757 e. The molecular weight excluding hydrogens is 294 g/mol. The molecule has 1 aliphatic carbocycles. The van der Waals surface area contributed by atoms with Gasteiger partial charge in [0.05, 0.1) is 17.9 Å². The first-order valence-corrected chi connectivity index (χ1v) is 9.58. The predicted octanol–water partition coefficient (Wildman–Crippen LogP) is 4.90. The first-order chi connectivity index (χ1) is 11.7. The van der Waals surface area contributed by atoms with Crippen molar-refractivity contribution in [3.05, 3.63) is 35.5 Å². The van der Waals surface area contributed by atoms with Crippen LogP contribution in [0.5, 0.6) is 0 Å². The molecule has 4 rings (SSSR count). The monoisotopic (exact) mass is 323 g/mol. The van der Waals surface area contributed by atoms with Gasteiger partial charge in [0.15, 0.2) is 0 Å². The molecule has 0 saturated heterocycles. The van der Waals surface area contributed by atoms with E-state index >= 15 is 0 Å². The summed E-state index contributed by atoms with van der Waals surface area (Å²) in [5.74, 6) is 0.509. The summed E-state index contributed by atoms with van der Waals surface area (Å²) in [7, 11) is 0. The molecule has 0 bridgehead atoms. The third-order valence-corrected chi connectivity index (χ3v) is 5.84. The minimum Gasteiger partial charge on any atom is -0.355 e. The summed E-state index contributed by atoms with van der Waals surface area (Å²) in [5.41, 5.74) is 5.46. The highest BCUT2D eigenvalue weighted by Gasteiger charge is 2.31. The van der Waals surface area contributed by atoms with Gasteiger partial charge in [-0.25, -0.2) is 0 Å². The largest absolute Gasteiger partial charge is 0.355 e. The smallest absolute Gasteiger partial charge is 0.0757 e. The molecule has 128 valence electrons. The zero-order valence-corrected chi connectivity index (χ0v) is 15.3. The number of fused-ring (bicyclic) bond motifs is 3. The Balaban J connectivity index is 1.90. The van der Waals surface area contributed by atoms with E-state index in [0.717, 1.165) is 19.8 Å². The number of anilines is 1. The summed E-state index contributed by atoms with van der Waals surface area (Å²) in [6, 6.07) is 7.45. The fourth-order valence-corrected chi connectivity index (χ4v) is 4.50. The van der Waals surface area contributed by atoms with Crippen molar-refractivity contribution in [1.82, 2.24) is 9.88 Å². The molecule has 2 heterocycles. The molecule has 2 aromatic rings. The van der Waals surface area contributed by atoms with E-state index in [9.17, 15) is 0 Å². The maximum atomic E-state index is 4.89. The zero-order chi connectivity index (χ0) is 16.7. The highest BCUT2D eigenvalue weighted by Crippen LogP contribution is 2.40. The maximum absolute atomic E-state index is 4.89. The van der Waals surface area contributed by atoms with Crippen LogP contribution in [0.4, 0.5) is 5.69 Å². The highest BCUT2D eigenvalue weighted by atomic mass is 15.3. The van der Waals surface area contributed by atoms with Gasteiger partial charge in [0.25, 0.3) is 0 Å². The summed E-state index contributed by atoms with van der Waals surface area (Å²) < 4.78 is 0. The van der Waals surface area contributed by atoms with Gasteiger partial charge >= 0.3 is 0 Å². The summed E-state index contributed by atoms with van der Waals surface area (Å²) in [5, 5.41) is 1.36. The molecule has 0 N–H and O–H groups in total. The van der Waals surface area contributed by atoms with Gasteiger partial charge in [-0.1, -0.05) is 51.8 Å². The van der Waals surface area contributed by atoms with Crippen LogP contribution in [-0.4, -0.2) is 29.1 Å². The molecule has 0 spiro atoms. The summed E-state index contributed by atoms with van der Waals surface area (Å²) >= 11 is 0. The Morgan fingerprint density at radius 1 is 1.21 bits per heavy atom. The number of rotatable bonds is 3. The Morgan fingerprint density at radius 2 is 2.00 bits per heavy atom. The third-order valence-electron chi connectivity index (χ3n) is 5.84. The van der Waals surface area contributed by atoms with Crippen molar-refractivity contribution in [1.29, 1.82) is 0 Å². The molecule has 24 heavy (non-hydrogen) atoms.